The number of amides is 1. The fraction of sp³-hybridized carbons (Fsp3) is 0.192. The normalized spacial score (nSPS) is 14.4. The molecule has 5 rings (SSSR count). The Morgan fingerprint density at radius 3 is 2.76 bits per heavy atom. The molecule has 1 amide bonds. The molecule has 1 N–H and O–H groups in total. The molecule has 168 valence electrons. The third kappa shape index (κ3) is 4.26. The predicted octanol–water partition coefficient (Wildman–Crippen LogP) is 6.11. The van der Waals surface area contributed by atoms with Crippen molar-refractivity contribution in [1.82, 2.24) is 19.9 Å². The van der Waals surface area contributed by atoms with E-state index in [1.807, 2.05) is 19.1 Å². The Labute approximate surface area is 196 Å². The lowest BCUT2D eigenvalue weighted by molar-refractivity contribution is 0.0935. The Bertz CT molecular complexity index is 1330. The molecular formula is C26H24ClFN4O. The van der Waals surface area contributed by atoms with E-state index in [0.29, 0.717) is 22.5 Å². The van der Waals surface area contributed by atoms with Crippen LogP contribution in [0.2, 0.25) is 5.02 Å². The van der Waals surface area contributed by atoms with Crippen LogP contribution in [-0.4, -0.2) is 20.5 Å². The van der Waals surface area contributed by atoms with Crippen LogP contribution in [0.15, 0.2) is 67.5 Å². The van der Waals surface area contributed by atoms with Gasteiger partial charge in [0, 0.05) is 11.8 Å². The highest BCUT2D eigenvalue weighted by Gasteiger charge is 2.25. The number of hydrogen-bond acceptors (Lipinski definition) is 3. The van der Waals surface area contributed by atoms with Crippen molar-refractivity contribution in [2.45, 2.75) is 32.7 Å². The van der Waals surface area contributed by atoms with Crippen molar-refractivity contribution in [2.75, 3.05) is 0 Å². The van der Waals surface area contributed by atoms with Crippen LogP contribution in [0.4, 0.5) is 4.39 Å². The van der Waals surface area contributed by atoms with E-state index < -0.39 is 5.82 Å². The summed E-state index contributed by atoms with van der Waals surface area (Å²) in [5.74, 6) is -0.650. The molecule has 1 atom stereocenters. The molecule has 0 aliphatic heterocycles. The number of halogens is 2. The standard InChI is InChI=1S/C23H18ClFN4O.C3H6/c1-13-16(23(30)28-20-10-9-14-5-2-3-6-15(14)20)11-26-22-17(12-27-29(13)22)21-18(24)7-4-8-19(21)25;1-3-2/h2-8,11-12,20H,9-10H2,1H3,(H,28,30);3H,1H2,2H3. The average molecular weight is 463 g/mol. The van der Waals surface area contributed by atoms with Gasteiger partial charge in [-0.15, -0.1) is 6.58 Å². The minimum atomic E-state index is -0.446. The number of aryl methyl sites for hydroxylation is 2. The minimum Gasteiger partial charge on any atom is -0.345 e. The third-order valence-corrected chi connectivity index (χ3v) is 6.00. The van der Waals surface area contributed by atoms with Crippen molar-refractivity contribution in [3.63, 3.8) is 0 Å². The van der Waals surface area contributed by atoms with E-state index in [2.05, 4.69) is 34.1 Å². The second-order valence-electron chi connectivity index (χ2n) is 7.82. The quantitative estimate of drug-likeness (QED) is 0.374. The van der Waals surface area contributed by atoms with Crippen LogP contribution in [0.1, 0.15) is 46.6 Å². The van der Waals surface area contributed by atoms with Crippen LogP contribution in [0.3, 0.4) is 0 Å². The van der Waals surface area contributed by atoms with Crippen molar-refractivity contribution in [3.8, 4) is 11.1 Å². The molecule has 33 heavy (non-hydrogen) atoms. The van der Waals surface area contributed by atoms with Gasteiger partial charge in [-0.25, -0.2) is 13.9 Å². The summed E-state index contributed by atoms with van der Waals surface area (Å²) in [6, 6.07) is 12.7. The summed E-state index contributed by atoms with van der Waals surface area (Å²) in [5, 5.41) is 7.73. The largest absolute Gasteiger partial charge is 0.345 e. The number of nitrogens with zero attached hydrogens (tertiary/aromatic N) is 3. The summed E-state index contributed by atoms with van der Waals surface area (Å²) >= 11 is 6.21. The maximum absolute atomic E-state index is 14.4. The molecule has 7 heteroatoms. The lowest BCUT2D eigenvalue weighted by atomic mass is 10.1. The summed E-state index contributed by atoms with van der Waals surface area (Å²) in [7, 11) is 0. The highest BCUT2D eigenvalue weighted by molar-refractivity contribution is 6.33. The van der Waals surface area contributed by atoms with E-state index in [9.17, 15) is 9.18 Å². The number of carbonyl (C=O) groups excluding carboxylic acids is 1. The van der Waals surface area contributed by atoms with Crippen LogP contribution in [0.5, 0.6) is 0 Å². The number of aromatic nitrogens is 3. The van der Waals surface area contributed by atoms with Gasteiger partial charge in [0.2, 0.25) is 0 Å². The fourth-order valence-corrected chi connectivity index (χ4v) is 4.41. The van der Waals surface area contributed by atoms with Gasteiger partial charge in [-0.3, -0.25) is 4.79 Å². The molecule has 0 saturated heterocycles. The van der Waals surface area contributed by atoms with Gasteiger partial charge in [0.1, 0.15) is 5.82 Å². The van der Waals surface area contributed by atoms with E-state index in [1.54, 1.807) is 29.6 Å². The molecule has 5 nitrogen and oxygen atoms in total. The summed E-state index contributed by atoms with van der Waals surface area (Å²) in [5.41, 5.74) is 4.67. The molecule has 0 bridgehead atoms. The predicted molar refractivity (Wildman–Crippen MR) is 129 cm³/mol. The first-order valence-electron chi connectivity index (χ1n) is 10.7. The van der Waals surface area contributed by atoms with Crippen molar-refractivity contribution in [2.24, 2.45) is 0 Å². The van der Waals surface area contributed by atoms with Crippen molar-refractivity contribution in [1.29, 1.82) is 0 Å². The van der Waals surface area contributed by atoms with E-state index in [1.165, 1.54) is 24.0 Å². The lowest BCUT2D eigenvalue weighted by Crippen LogP contribution is -2.28. The zero-order valence-electron chi connectivity index (χ0n) is 18.5. The number of rotatable bonds is 3. The van der Waals surface area contributed by atoms with Crippen molar-refractivity contribution < 1.29 is 9.18 Å². The van der Waals surface area contributed by atoms with Gasteiger partial charge >= 0.3 is 0 Å². The van der Waals surface area contributed by atoms with E-state index >= 15 is 0 Å². The second-order valence-corrected chi connectivity index (χ2v) is 8.23. The molecule has 1 unspecified atom stereocenters. The number of carbonyl (C=O) groups is 1. The Balaban J connectivity index is 0.000000821. The molecule has 1 aliphatic rings. The number of benzene rings is 2. The number of allylic oxidation sites excluding steroid dienone is 1. The summed E-state index contributed by atoms with van der Waals surface area (Å²) < 4.78 is 15.9. The van der Waals surface area contributed by atoms with Crippen LogP contribution in [0.25, 0.3) is 16.8 Å². The zero-order valence-corrected chi connectivity index (χ0v) is 19.2. The van der Waals surface area contributed by atoms with Gasteiger partial charge in [0.25, 0.3) is 5.91 Å². The smallest absolute Gasteiger partial charge is 0.255 e. The van der Waals surface area contributed by atoms with Crippen molar-refractivity contribution in [3.05, 3.63) is 101 Å². The fourth-order valence-electron chi connectivity index (χ4n) is 4.14. The molecular weight excluding hydrogens is 439 g/mol. The summed E-state index contributed by atoms with van der Waals surface area (Å²) in [6.07, 6.45) is 6.61. The minimum absolute atomic E-state index is 0.0193. The molecule has 0 radical (unpaired) electrons. The van der Waals surface area contributed by atoms with E-state index in [0.717, 1.165) is 18.4 Å². The monoisotopic (exact) mass is 462 g/mol. The maximum Gasteiger partial charge on any atom is 0.255 e. The molecule has 0 spiro atoms. The molecule has 0 saturated carbocycles. The van der Waals surface area contributed by atoms with Crippen LogP contribution in [0, 0.1) is 12.7 Å². The van der Waals surface area contributed by atoms with Crippen molar-refractivity contribution >= 4 is 23.2 Å². The first-order chi connectivity index (χ1) is 16.0. The number of nitrogens with one attached hydrogen (secondary N) is 1. The van der Waals surface area contributed by atoms with Gasteiger partial charge in [-0.2, -0.15) is 5.10 Å². The SMILES string of the molecule is C=CC.Cc1c(C(=O)NC2CCc3ccccc32)cnc2c(-c3c(F)cccc3Cl)cnn12. The molecule has 2 heterocycles. The molecule has 4 aromatic rings. The van der Waals surface area contributed by atoms with Gasteiger partial charge in [0.05, 0.1) is 34.1 Å². The van der Waals surface area contributed by atoms with Gasteiger partial charge in [-0.05, 0) is 49.9 Å². The van der Waals surface area contributed by atoms with E-state index in [4.69, 9.17) is 11.6 Å². The number of hydrogen-bond donors (Lipinski definition) is 1. The Morgan fingerprint density at radius 1 is 1.24 bits per heavy atom. The molecule has 0 fully saturated rings. The molecule has 2 aromatic carbocycles. The van der Waals surface area contributed by atoms with Gasteiger partial charge < -0.3 is 5.32 Å². The maximum atomic E-state index is 14.4. The van der Waals surface area contributed by atoms with E-state index in [-0.39, 0.29) is 22.5 Å². The lowest BCUT2D eigenvalue weighted by Gasteiger charge is -2.15. The first kappa shape index (κ1) is 22.7. The second kappa shape index (κ2) is 9.55. The highest BCUT2D eigenvalue weighted by Crippen LogP contribution is 2.34. The number of fused-ring (bicyclic) bond motifs is 2. The Hall–Kier alpha value is -3.51. The summed E-state index contributed by atoms with van der Waals surface area (Å²) in [4.78, 5) is 17.4. The van der Waals surface area contributed by atoms with Crippen LogP contribution in [-0.2, 0) is 6.42 Å². The van der Waals surface area contributed by atoms with Gasteiger partial charge in [0.15, 0.2) is 5.65 Å². The molecule has 1 aliphatic carbocycles. The average Bonchev–Trinajstić information content (AvgIpc) is 3.40. The summed E-state index contributed by atoms with van der Waals surface area (Å²) in [6.45, 7) is 7.05. The molecule has 2 aromatic heterocycles. The Kier molecular flexibility index (Phi) is 6.56. The van der Waals surface area contributed by atoms with Crippen LogP contribution < -0.4 is 5.32 Å². The topological polar surface area (TPSA) is 59.3 Å². The zero-order chi connectivity index (χ0) is 23.5. The highest BCUT2D eigenvalue weighted by atomic mass is 35.5. The van der Waals surface area contributed by atoms with Crippen LogP contribution >= 0.6 is 11.6 Å². The first-order valence-corrected chi connectivity index (χ1v) is 11.1. The third-order valence-electron chi connectivity index (χ3n) is 5.68. The van der Waals surface area contributed by atoms with Gasteiger partial charge in [-0.1, -0.05) is 48.0 Å². The Morgan fingerprint density at radius 2 is 2.00 bits per heavy atom.